The molecule has 0 aliphatic rings. The molecule has 0 saturated carbocycles. The number of halogens is 1. The largest absolute Gasteiger partial charge is 0.494 e. The third-order valence-electron chi connectivity index (χ3n) is 3.61. The second kappa shape index (κ2) is 8.84. The van der Waals surface area contributed by atoms with Gasteiger partial charge in [0.25, 0.3) is 5.91 Å². The van der Waals surface area contributed by atoms with Crippen molar-refractivity contribution in [3.05, 3.63) is 59.4 Å². The lowest BCUT2D eigenvalue weighted by Gasteiger charge is -2.18. The van der Waals surface area contributed by atoms with Gasteiger partial charge >= 0.3 is 6.09 Å². The smallest absolute Gasteiger partial charge is 0.411 e. The number of hydrogen-bond donors (Lipinski definition) is 1. The molecule has 0 radical (unpaired) electrons. The summed E-state index contributed by atoms with van der Waals surface area (Å²) in [7, 11) is 3.01. The van der Waals surface area contributed by atoms with E-state index < -0.39 is 11.9 Å². The first-order chi connectivity index (χ1) is 12.4. The molecule has 0 aliphatic heterocycles. The number of amides is 2. The molecule has 0 fully saturated rings. The second-order valence-electron chi connectivity index (χ2n) is 5.56. The van der Waals surface area contributed by atoms with Crippen LogP contribution in [0.15, 0.2) is 42.5 Å². The van der Waals surface area contributed by atoms with E-state index in [0.717, 1.165) is 0 Å². The van der Waals surface area contributed by atoms with Crippen molar-refractivity contribution in [1.29, 1.82) is 0 Å². The van der Waals surface area contributed by atoms with Gasteiger partial charge in [-0.3, -0.25) is 10.1 Å². The Labute approximate surface area is 151 Å². The van der Waals surface area contributed by atoms with Crippen LogP contribution < -0.4 is 10.1 Å². The van der Waals surface area contributed by atoms with Crippen LogP contribution in [0.2, 0.25) is 0 Å². The van der Waals surface area contributed by atoms with E-state index in [-0.39, 0.29) is 24.8 Å². The van der Waals surface area contributed by atoms with Gasteiger partial charge in [-0.05, 0) is 42.8 Å². The monoisotopic (exact) mass is 360 g/mol. The van der Waals surface area contributed by atoms with E-state index in [1.54, 1.807) is 44.3 Å². The molecule has 26 heavy (non-hydrogen) atoms. The molecule has 0 bridgehead atoms. The van der Waals surface area contributed by atoms with E-state index in [4.69, 9.17) is 9.47 Å². The van der Waals surface area contributed by atoms with Gasteiger partial charge in [0.15, 0.2) is 11.6 Å². The summed E-state index contributed by atoms with van der Waals surface area (Å²) in [6, 6.07) is 11.1. The zero-order valence-electron chi connectivity index (χ0n) is 14.9. The summed E-state index contributed by atoms with van der Waals surface area (Å²) in [5.74, 6) is -0.583. The van der Waals surface area contributed by atoms with Crippen LogP contribution >= 0.6 is 0 Å². The molecule has 6 nitrogen and oxygen atoms in total. The summed E-state index contributed by atoms with van der Waals surface area (Å²) in [5, 5.41) is 2.55. The molecule has 0 aromatic heterocycles. The molecule has 0 aliphatic carbocycles. The van der Waals surface area contributed by atoms with Gasteiger partial charge in [0, 0.05) is 24.8 Å². The molecule has 138 valence electrons. The van der Waals surface area contributed by atoms with Crippen molar-refractivity contribution in [2.75, 3.05) is 26.1 Å². The summed E-state index contributed by atoms with van der Waals surface area (Å²) >= 11 is 0. The average molecular weight is 360 g/mol. The van der Waals surface area contributed by atoms with Crippen LogP contribution in [0.25, 0.3) is 0 Å². The number of nitrogens with one attached hydrogen (secondary N) is 1. The van der Waals surface area contributed by atoms with Crippen LogP contribution in [0.5, 0.6) is 5.75 Å². The molecule has 7 heteroatoms. The first kappa shape index (κ1) is 19.2. The third-order valence-corrected chi connectivity index (χ3v) is 3.61. The molecule has 1 N–H and O–H groups in total. The molecule has 2 aromatic rings. The Morgan fingerprint density at radius 1 is 1.19 bits per heavy atom. The Balaban J connectivity index is 2.08. The van der Waals surface area contributed by atoms with E-state index in [9.17, 15) is 14.0 Å². The number of anilines is 1. The predicted octanol–water partition coefficient (Wildman–Crippen LogP) is 3.67. The van der Waals surface area contributed by atoms with Gasteiger partial charge in [0.1, 0.15) is 0 Å². The fraction of sp³-hybridized carbons (Fsp3) is 0.263. The van der Waals surface area contributed by atoms with Crippen molar-refractivity contribution in [1.82, 2.24) is 4.90 Å². The molecule has 0 heterocycles. The summed E-state index contributed by atoms with van der Waals surface area (Å²) < 4.78 is 23.5. The normalized spacial score (nSPS) is 10.2. The summed E-state index contributed by atoms with van der Waals surface area (Å²) in [4.78, 5) is 25.5. The number of ether oxygens (including phenoxy) is 2. The minimum Gasteiger partial charge on any atom is -0.494 e. The molecule has 2 aromatic carbocycles. The SMILES string of the molecule is CCOC(=O)Nc1cccc(C(=O)N(C)Cc2ccc(OC)c(F)c2)c1. The molecular weight excluding hydrogens is 339 g/mol. The zero-order valence-corrected chi connectivity index (χ0v) is 14.9. The molecule has 2 rings (SSSR count). The van der Waals surface area contributed by atoms with E-state index in [1.807, 2.05) is 0 Å². The van der Waals surface area contributed by atoms with Gasteiger partial charge < -0.3 is 14.4 Å². The Bertz CT molecular complexity index is 795. The number of carbonyl (C=O) groups is 2. The van der Waals surface area contributed by atoms with Gasteiger partial charge in [0.05, 0.1) is 13.7 Å². The third kappa shape index (κ3) is 4.95. The van der Waals surface area contributed by atoms with Crippen LogP contribution in [-0.4, -0.2) is 37.7 Å². The Morgan fingerprint density at radius 3 is 2.62 bits per heavy atom. The van der Waals surface area contributed by atoms with Gasteiger partial charge in [-0.25, -0.2) is 9.18 Å². The van der Waals surface area contributed by atoms with Crippen LogP contribution in [0.4, 0.5) is 14.9 Å². The minimum atomic E-state index is -0.584. The van der Waals surface area contributed by atoms with Crippen LogP contribution in [-0.2, 0) is 11.3 Å². The first-order valence-electron chi connectivity index (χ1n) is 8.06. The quantitative estimate of drug-likeness (QED) is 0.853. The van der Waals surface area contributed by atoms with E-state index in [2.05, 4.69) is 5.32 Å². The van der Waals surface area contributed by atoms with E-state index in [0.29, 0.717) is 16.8 Å². The van der Waals surface area contributed by atoms with Crippen LogP contribution in [0, 0.1) is 5.82 Å². The van der Waals surface area contributed by atoms with Crippen LogP contribution in [0.3, 0.4) is 0 Å². The van der Waals surface area contributed by atoms with Crippen molar-refractivity contribution >= 4 is 17.7 Å². The Morgan fingerprint density at radius 2 is 1.96 bits per heavy atom. The molecular formula is C19H21FN2O4. The standard InChI is InChI=1S/C19H21FN2O4/c1-4-26-19(24)21-15-7-5-6-14(11-15)18(23)22(2)12-13-8-9-17(25-3)16(20)10-13/h5-11H,4,12H2,1-3H3,(H,21,24). The number of nitrogens with zero attached hydrogens (tertiary/aromatic N) is 1. The summed E-state index contributed by atoms with van der Waals surface area (Å²) in [6.45, 7) is 2.19. The number of benzene rings is 2. The topological polar surface area (TPSA) is 67.9 Å². The van der Waals surface area contributed by atoms with Crippen molar-refractivity contribution in [3.8, 4) is 5.75 Å². The van der Waals surface area contributed by atoms with Crippen molar-refractivity contribution in [3.63, 3.8) is 0 Å². The van der Waals surface area contributed by atoms with Gasteiger partial charge in [-0.1, -0.05) is 12.1 Å². The summed E-state index contributed by atoms with van der Waals surface area (Å²) in [5.41, 5.74) is 1.49. The average Bonchev–Trinajstić information content (AvgIpc) is 2.61. The highest BCUT2D eigenvalue weighted by atomic mass is 19.1. The Hall–Kier alpha value is -3.09. The maximum absolute atomic E-state index is 13.8. The van der Waals surface area contributed by atoms with E-state index >= 15 is 0 Å². The van der Waals surface area contributed by atoms with Crippen molar-refractivity contribution in [2.45, 2.75) is 13.5 Å². The highest BCUT2D eigenvalue weighted by molar-refractivity contribution is 5.96. The minimum absolute atomic E-state index is 0.153. The maximum Gasteiger partial charge on any atom is 0.411 e. The van der Waals surface area contributed by atoms with Gasteiger partial charge in [-0.15, -0.1) is 0 Å². The fourth-order valence-corrected chi connectivity index (χ4v) is 2.39. The lowest BCUT2D eigenvalue weighted by molar-refractivity contribution is 0.0785. The lowest BCUT2D eigenvalue weighted by atomic mass is 10.1. The molecule has 0 atom stereocenters. The van der Waals surface area contributed by atoms with E-state index in [1.165, 1.54) is 24.1 Å². The maximum atomic E-state index is 13.8. The highest BCUT2D eigenvalue weighted by Gasteiger charge is 2.14. The van der Waals surface area contributed by atoms with Gasteiger partial charge in [-0.2, -0.15) is 0 Å². The second-order valence-corrected chi connectivity index (χ2v) is 5.56. The predicted molar refractivity (Wildman–Crippen MR) is 95.8 cm³/mol. The molecule has 0 spiro atoms. The first-order valence-corrected chi connectivity index (χ1v) is 8.06. The number of hydrogen-bond acceptors (Lipinski definition) is 4. The Kier molecular flexibility index (Phi) is 6.54. The van der Waals surface area contributed by atoms with Crippen molar-refractivity contribution in [2.24, 2.45) is 0 Å². The fourth-order valence-electron chi connectivity index (χ4n) is 2.39. The van der Waals surface area contributed by atoms with Crippen LogP contribution in [0.1, 0.15) is 22.8 Å². The number of carbonyl (C=O) groups excluding carboxylic acids is 2. The molecule has 0 unspecified atom stereocenters. The van der Waals surface area contributed by atoms with Gasteiger partial charge in [0.2, 0.25) is 0 Å². The zero-order chi connectivity index (χ0) is 19.1. The number of rotatable bonds is 6. The molecule has 0 saturated heterocycles. The number of methoxy groups -OCH3 is 1. The molecule has 2 amide bonds. The highest BCUT2D eigenvalue weighted by Crippen LogP contribution is 2.19. The lowest BCUT2D eigenvalue weighted by Crippen LogP contribution is -2.26. The van der Waals surface area contributed by atoms with Crippen molar-refractivity contribution < 1.29 is 23.5 Å². The summed E-state index contributed by atoms with van der Waals surface area (Å²) in [6.07, 6.45) is -0.584.